The van der Waals surface area contributed by atoms with Gasteiger partial charge in [-0.1, -0.05) is 18.2 Å². The molecule has 158 valence electrons. The number of phenols is 1. The van der Waals surface area contributed by atoms with Crippen LogP contribution < -0.4 is 15.4 Å². The number of benzene rings is 2. The van der Waals surface area contributed by atoms with Gasteiger partial charge in [0.1, 0.15) is 18.1 Å². The molecule has 1 aliphatic heterocycles. The van der Waals surface area contributed by atoms with Crippen LogP contribution in [0.5, 0.6) is 11.5 Å². The fourth-order valence-electron chi connectivity index (χ4n) is 3.49. The Morgan fingerprint density at radius 1 is 1.32 bits per heavy atom. The fraction of sp³-hybridized carbons (Fsp3) is 0.150. The van der Waals surface area contributed by atoms with Gasteiger partial charge < -0.3 is 20.5 Å². The van der Waals surface area contributed by atoms with Crippen molar-refractivity contribution in [3.8, 4) is 11.5 Å². The zero-order chi connectivity index (χ0) is 22.1. The van der Waals surface area contributed by atoms with Crippen molar-refractivity contribution in [1.29, 1.82) is 0 Å². The highest BCUT2D eigenvalue weighted by molar-refractivity contribution is 6.06. The third kappa shape index (κ3) is 3.52. The first-order valence-electron chi connectivity index (χ1n) is 9.19. The van der Waals surface area contributed by atoms with Crippen LogP contribution in [0.25, 0.3) is 0 Å². The van der Waals surface area contributed by atoms with Crippen LogP contribution in [0.1, 0.15) is 18.5 Å². The zero-order valence-corrected chi connectivity index (χ0v) is 16.6. The third-order valence-corrected chi connectivity index (χ3v) is 4.91. The monoisotopic (exact) mass is 422 g/mol. The summed E-state index contributed by atoms with van der Waals surface area (Å²) in [7, 11) is 1.50. The molecule has 0 radical (unpaired) electrons. The number of nitro benzene ring substituents is 1. The van der Waals surface area contributed by atoms with Crippen molar-refractivity contribution in [3.63, 3.8) is 0 Å². The number of para-hydroxylation sites is 2. The summed E-state index contributed by atoms with van der Waals surface area (Å²) in [6.07, 6.45) is 1.32. The Morgan fingerprint density at radius 3 is 2.84 bits per heavy atom. The molecule has 0 spiro atoms. The number of fused-ring (bicyclic) bond motifs is 1. The number of hydrogen-bond donors (Lipinski definition) is 3. The number of amides is 1. The topological polar surface area (TPSA) is 144 Å². The molecule has 1 aromatic heterocycles. The number of carbonyl (C=O) groups excluding carboxylic acids is 1. The van der Waals surface area contributed by atoms with E-state index in [1.165, 1.54) is 36.3 Å². The van der Waals surface area contributed by atoms with Gasteiger partial charge in [-0.3, -0.25) is 14.9 Å². The standard InChI is InChI=1S/C20H18N6O5/c1-11-17(19(28)24-13-5-3-4-6-16(13)31-2)18(25-20(23-11)21-10-22-25)12-7-8-15(27)14(9-12)26(29)30/h3-10,18,27H,1-2H3,(H,24,28)(H,21,22,23)/t18-/m1/s1. The summed E-state index contributed by atoms with van der Waals surface area (Å²) >= 11 is 0. The second kappa shape index (κ2) is 7.78. The minimum absolute atomic E-state index is 0.281. The molecular weight excluding hydrogens is 404 g/mol. The van der Waals surface area contributed by atoms with E-state index in [0.29, 0.717) is 28.6 Å². The van der Waals surface area contributed by atoms with Crippen molar-refractivity contribution in [1.82, 2.24) is 14.8 Å². The average molecular weight is 422 g/mol. The van der Waals surface area contributed by atoms with Gasteiger partial charge in [0.2, 0.25) is 5.95 Å². The molecule has 0 fully saturated rings. The molecule has 3 aromatic rings. The summed E-state index contributed by atoms with van der Waals surface area (Å²) in [6, 6.07) is 10.1. The summed E-state index contributed by atoms with van der Waals surface area (Å²) in [5, 5.41) is 31.2. The number of carbonyl (C=O) groups is 1. The first-order chi connectivity index (χ1) is 14.9. The lowest BCUT2D eigenvalue weighted by atomic mass is 9.94. The lowest BCUT2D eigenvalue weighted by molar-refractivity contribution is -0.385. The summed E-state index contributed by atoms with van der Waals surface area (Å²) in [5.41, 5.74) is 1.18. The number of nitro groups is 1. The second-order valence-electron chi connectivity index (χ2n) is 6.75. The first kappa shape index (κ1) is 19.9. The minimum atomic E-state index is -0.812. The van der Waals surface area contributed by atoms with Gasteiger partial charge in [0.05, 0.1) is 23.3 Å². The summed E-state index contributed by atoms with van der Waals surface area (Å²) in [6.45, 7) is 1.71. The predicted octanol–water partition coefficient (Wildman–Crippen LogP) is 2.83. The lowest BCUT2D eigenvalue weighted by Crippen LogP contribution is -2.31. The number of aromatic hydroxyl groups is 1. The number of rotatable bonds is 5. The Morgan fingerprint density at radius 2 is 2.10 bits per heavy atom. The van der Waals surface area contributed by atoms with Crippen LogP contribution in [-0.4, -0.2) is 37.8 Å². The third-order valence-electron chi connectivity index (χ3n) is 4.91. The van der Waals surface area contributed by atoms with Gasteiger partial charge in [0.15, 0.2) is 5.75 Å². The molecule has 0 saturated heterocycles. The van der Waals surface area contributed by atoms with E-state index in [1.54, 1.807) is 31.2 Å². The van der Waals surface area contributed by atoms with Crippen LogP contribution in [0.4, 0.5) is 17.3 Å². The summed E-state index contributed by atoms with van der Waals surface area (Å²) in [5.74, 6) is -0.0539. The number of aromatic nitrogens is 3. The highest BCUT2D eigenvalue weighted by Crippen LogP contribution is 2.38. The Labute approximate surface area is 176 Å². The van der Waals surface area contributed by atoms with Crippen LogP contribution in [0.15, 0.2) is 60.1 Å². The van der Waals surface area contributed by atoms with E-state index in [4.69, 9.17) is 4.74 Å². The molecule has 1 aliphatic rings. The molecule has 1 atom stereocenters. The van der Waals surface area contributed by atoms with Gasteiger partial charge in [0.25, 0.3) is 5.91 Å². The average Bonchev–Trinajstić information content (AvgIpc) is 3.21. The van der Waals surface area contributed by atoms with E-state index in [1.807, 2.05) is 0 Å². The maximum Gasteiger partial charge on any atom is 0.311 e. The molecule has 2 heterocycles. The molecule has 2 aromatic carbocycles. The van der Waals surface area contributed by atoms with Gasteiger partial charge in [-0.25, -0.2) is 4.68 Å². The van der Waals surface area contributed by atoms with Crippen molar-refractivity contribution in [2.24, 2.45) is 0 Å². The number of nitrogens with zero attached hydrogens (tertiary/aromatic N) is 4. The Balaban J connectivity index is 1.81. The maximum absolute atomic E-state index is 13.3. The number of anilines is 2. The summed E-state index contributed by atoms with van der Waals surface area (Å²) < 4.78 is 6.75. The van der Waals surface area contributed by atoms with Crippen LogP contribution in [0.3, 0.4) is 0 Å². The molecule has 3 N–H and O–H groups in total. The van der Waals surface area contributed by atoms with Gasteiger partial charge in [-0.05, 0) is 30.7 Å². The Bertz CT molecular complexity index is 1220. The van der Waals surface area contributed by atoms with Crippen LogP contribution in [0.2, 0.25) is 0 Å². The molecule has 0 bridgehead atoms. The fourth-order valence-corrected chi connectivity index (χ4v) is 3.49. The van der Waals surface area contributed by atoms with E-state index in [9.17, 15) is 20.0 Å². The Kier molecular flexibility index (Phi) is 4.99. The van der Waals surface area contributed by atoms with Gasteiger partial charge in [0, 0.05) is 11.8 Å². The van der Waals surface area contributed by atoms with Crippen molar-refractivity contribution in [2.75, 3.05) is 17.7 Å². The molecule has 31 heavy (non-hydrogen) atoms. The molecule has 0 saturated carbocycles. The molecule has 4 rings (SSSR count). The summed E-state index contributed by atoms with van der Waals surface area (Å²) in [4.78, 5) is 28.1. The second-order valence-corrected chi connectivity index (χ2v) is 6.75. The van der Waals surface area contributed by atoms with Gasteiger partial charge in [-0.2, -0.15) is 10.1 Å². The maximum atomic E-state index is 13.3. The first-order valence-corrected chi connectivity index (χ1v) is 9.19. The molecule has 0 unspecified atom stereocenters. The van der Waals surface area contributed by atoms with Crippen molar-refractivity contribution < 1.29 is 19.6 Å². The van der Waals surface area contributed by atoms with Crippen molar-refractivity contribution >= 4 is 23.2 Å². The van der Waals surface area contributed by atoms with Crippen LogP contribution in [-0.2, 0) is 4.79 Å². The number of ether oxygens (including phenoxy) is 1. The van der Waals surface area contributed by atoms with E-state index in [0.717, 1.165) is 0 Å². The number of hydrogen-bond acceptors (Lipinski definition) is 8. The normalized spacial score (nSPS) is 15.1. The highest BCUT2D eigenvalue weighted by atomic mass is 16.6. The highest BCUT2D eigenvalue weighted by Gasteiger charge is 2.34. The van der Waals surface area contributed by atoms with Crippen molar-refractivity contribution in [2.45, 2.75) is 13.0 Å². The molecule has 0 aliphatic carbocycles. The zero-order valence-electron chi connectivity index (χ0n) is 16.6. The van der Waals surface area contributed by atoms with E-state index in [2.05, 4.69) is 20.7 Å². The van der Waals surface area contributed by atoms with E-state index < -0.39 is 28.3 Å². The smallest absolute Gasteiger partial charge is 0.311 e. The number of methoxy groups -OCH3 is 1. The number of allylic oxidation sites excluding steroid dienone is 1. The van der Waals surface area contributed by atoms with Crippen LogP contribution in [0, 0.1) is 10.1 Å². The largest absolute Gasteiger partial charge is 0.502 e. The van der Waals surface area contributed by atoms with E-state index in [-0.39, 0.29) is 5.57 Å². The molecule has 11 nitrogen and oxygen atoms in total. The minimum Gasteiger partial charge on any atom is -0.502 e. The number of phenolic OH excluding ortho intramolecular Hbond substituents is 1. The molecule has 1 amide bonds. The number of nitrogens with one attached hydrogen (secondary N) is 2. The SMILES string of the molecule is COc1ccccc1NC(=O)C1=C(C)Nc2ncnn2[C@@H]1c1ccc(O)c([N+](=O)[O-])c1. The van der Waals surface area contributed by atoms with Gasteiger partial charge >= 0.3 is 5.69 Å². The quantitative estimate of drug-likeness (QED) is 0.420. The predicted molar refractivity (Wildman–Crippen MR) is 111 cm³/mol. The van der Waals surface area contributed by atoms with Crippen LogP contribution >= 0.6 is 0 Å². The molecule has 11 heteroatoms. The van der Waals surface area contributed by atoms with E-state index >= 15 is 0 Å². The Hall–Kier alpha value is -4.41. The van der Waals surface area contributed by atoms with Gasteiger partial charge in [-0.15, -0.1) is 0 Å². The lowest BCUT2D eigenvalue weighted by Gasteiger charge is -2.28. The van der Waals surface area contributed by atoms with Crippen molar-refractivity contribution in [3.05, 3.63) is 75.7 Å². The molecular formula is C20H18N6O5.